The number of nitrogens with one attached hydrogen (secondary N) is 1. The zero-order valence-corrected chi connectivity index (χ0v) is 14.7. The second-order valence-corrected chi connectivity index (χ2v) is 9.88. The lowest BCUT2D eigenvalue weighted by Gasteiger charge is -2.34. The molecular weight excluding hydrogens is 330 g/mol. The molecule has 7 heteroatoms. The third-order valence-corrected chi connectivity index (χ3v) is 8.94. The molecule has 1 aliphatic carbocycles. The van der Waals surface area contributed by atoms with Crippen molar-refractivity contribution in [1.82, 2.24) is 5.09 Å². The van der Waals surface area contributed by atoms with Crippen LogP contribution in [0.2, 0.25) is 0 Å². The minimum absolute atomic E-state index is 0.0637. The molecule has 0 spiro atoms. The molecule has 0 aliphatic heterocycles. The quantitative estimate of drug-likeness (QED) is 0.812. The van der Waals surface area contributed by atoms with Gasteiger partial charge in [0.05, 0.1) is 6.04 Å². The maximum Gasteiger partial charge on any atom is 0.205 e. The molecule has 1 aromatic rings. The second-order valence-electron chi connectivity index (χ2n) is 5.00. The number of anilines is 1. The van der Waals surface area contributed by atoms with E-state index in [9.17, 15) is 9.18 Å². The molecule has 1 aromatic carbocycles. The van der Waals surface area contributed by atoms with Crippen molar-refractivity contribution in [3.8, 4) is 0 Å². The summed E-state index contributed by atoms with van der Waals surface area (Å²) in [7, 11) is 1.89. The normalized spacial score (nSPS) is 18.0. The van der Waals surface area contributed by atoms with Gasteiger partial charge in [0, 0.05) is 12.7 Å². The first-order valence-corrected chi connectivity index (χ1v) is 10.5. The molecule has 116 valence electrons. The van der Waals surface area contributed by atoms with Crippen LogP contribution in [-0.2, 0) is 4.79 Å². The van der Waals surface area contributed by atoms with E-state index in [1.807, 2.05) is 18.6 Å². The number of rotatable bonds is 5. The first-order chi connectivity index (χ1) is 9.88. The summed E-state index contributed by atoms with van der Waals surface area (Å²) in [5.74, 6) is -0.274. The lowest BCUT2D eigenvalue weighted by atomic mass is 10.3. The van der Waals surface area contributed by atoms with E-state index in [0.29, 0.717) is 0 Å². The Hall–Kier alpha value is -0.480. The van der Waals surface area contributed by atoms with Gasteiger partial charge in [-0.15, -0.1) is 0 Å². The van der Waals surface area contributed by atoms with E-state index in [0.717, 1.165) is 18.5 Å². The molecule has 0 amide bonds. The van der Waals surface area contributed by atoms with E-state index in [1.54, 1.807) is 18.4 Å². The maximum atomic E-state index is 13.1. The van der Waals surface area contributed by atoms with Crippen LogP contribution in [0.4, 0.5) is 10.1 Å². The van der Waals surface area contributed by atoms with Crippen LogP contribution in [0, 0.1) is 5.82 Å². The lowest BCUT2D eigenvalue weighted by molar-refractivity contribution is -0.112. The molecule has 1 N–H and O–H groups in total. The summed E-state index contributed by atoms with van der Waals surface area (Å²) in [6.45, 7) is -0.435. The second kappa shape index (κ2) is 6.74. The summed E-state index contributed by atoms with van der Waals surface area (Å²) in [4.78, 5) is 11.8. The predicted octanol–water partition coefficient (Wildman–Crippen LogP) is 4.10. The average Bonchev–Trinajstić information content (AvgIpc) is 3.31. The molecule has 1 saturated carbocycles. The van der Waals surface area contributed by atoms with Crippen LogP contribution in [0.15, 0.2) is 24.3 Å². The molecule has 0 heterocycles. The molecule has 1 aliphatic rings. The SMILES string of the molecule is CSC(=O)C(C)NP(Cl)(=C1CC1)N(C)c1ccc(F)cc1. The Morgan fingerprint density at radius 1 is 1.43 bits per heavy atom. The largest absolute Gasteiger partial charge is 0.332 e. The molecule has 21 heavy (non-hydrogen) atoms. The number of thioether (sulfide) groups is 1. The van der Waals surface area contributed by atoms with Crippen LogP contribution in [0.5, 0.6) is 0 Å². The van der Waals surface area contributed by atoms with E-state index in [2.05, 4.69) is 5.09 Å². The number of hydrogen-bond donors (Lipinski definition) is 1. The van der Waals surface area contributed by atoms with Crippen LogP contribution in [0.1, 0.15) is 19.8 Å². The molecular formula is C14H19ClFN2OPS. The predicted molar refractivity (Wildman–Crippen MR) is 92.9 cm³/mol. The summed E-state index contributed by atoms with van der Waals surface area (Å²) >= 11 is 8.09. The monoisotopic (exact) mass is 348 g/mol. The number of hydrogen-bond acceptors (Lipinski definition) is 4. The van der Waals surface area contributed by atoms with Crippen LogP contribution >= 0.6 is 29.5 Å². The topological polar surface area (TPSA) is 32.3 Å². The number of carbonyl (C=O) groups is 1. The fraction of sp³-hybridized carbons (Fsp3) is 0.429. The van der Waals surface area contributed by atoms with E-state index in [-0.39, 0.29) is 17.0 Å². The molecule has 0 aromatic heterocycles. The third kappa shape index (κ3) is 3.84. The molecule has 3 nitrogen and oxygen atoms in total. The van der Waals surface area contributed by atoms with Crippen LogP contribution in [0.25, 0.3) is 0 Å². The summed E-state index contributed by atoms with van der Waals surface area (Å²) in [6.07, 6.45) is 3.73. The lowest BCUT2D eigenvalue weighted by Crippen LogP contribution is -2.34. The van der Waals surface area contributed by atoms with Crippen molar-refractivity contribution < 1.29 is 9.18 Å². The standard InChI is InChI=1S/C14H19ClFN2OPS/c1-10(14(19)21-3)17-20(15,13-8-9-13)18(2)12-6-4-11(16)5-7-12/h4-7,10,17H,8-9H2,1-3H3. The zero-order chi connectivity index (χ0) is 15.6. The van der Waals surface area contributed by atoms with E-state index < -0.39 is 6.54 Å². The minimum atomic E-state index is -2.27. The molecule has 0 bridgehead atoms. The Bertz CT molecular complexity index is 587. The number of benzene rings is 1. The van der Waals surface area contributed by atoms with Crippen LogP contribution in [-0.4, -0.2) is 29.8 Å². The molecule has 1 fully saturated rings. The molecule has 2 atom stereocenters. The number of halogens is 2. The van der Waals surface area contributed by atoms with Crippen LogP contribution < -0.4 is 9.76 Å². The highest BCUT2D eigenvalue weighted by Crippen LogP contribution is 2.59. The van der Waals surface area contributed by atoms with Gasteiger partial charge < -0.3 is 4.67 Å². The Labute approximate surface area is 134 Å². The summed E-state index contributed by atoms with van der Waals surface area (Å²) < 4.78 is 15.0. The van der Waals surface area contributed by atoms with Gasteiger partial charge in [-0.2, -0.15) is 0 Å². The molecule has 2 unspecified atom stereocenters. The smallest absolute Gasteiger partial charge is 0.205 e. The Morgan fingerprint density at radius 3 is 2.48 bits per heavy atom. The third-order valence-electron chi connectivity index (χ3n) is 3.43. The highest BCUT2D eigenvalue weighted by Gasteiger charge is 2.34. The highest BCUT2D eigenvalue weighted by atomic mass is 35.7. The summed E-state index contributed by atoms with van der Waals surface area (Å²) in [5, 5.41) is 4.63. The molecule has 2 rings (SSSR count). The van der Waals surface area contributed by atoms with Crippen molar-refractivity contribution in [2.45, 2.75) is 25.8 Å². The minimum Gasteiger partial charge on any atom is -0.332 e. The molecule has 0 saturated heterocycles. The Kier molecular flexibility index (Phi) is 5.42. The van der Waals surface area contributed by atoms with Gasteiger partial charge in [-0.25, -0.2) is 4.39 Å². The molecule has 0 radical (unpaired) electrons. The highest BCUT2D eigenvalue weighted by molar-refractivity contribution is 8.13. The van der Waals surface area contributed by atoms with Gasteiger partial charge >= 0.3 is 0 Å². The van der Waals surface area contributed by atoms with Gasteiger partial charge in [-0.05, 0) is 55.6 Å². The van der Waals surface area contributed by atoms with E-state index >= 15 is 0 Å². The summed E-state index contributed by atoms with van der Waals surface area (Å²) in [5.41, 5.74) is 0.843. The van der Waals surface area contributed by atoms with Crippen molar-refractivity contribution in [2.75, 3.05) is 18.0 Å². The van der Waals surface area contributed by atoms with Gasteiger partial charge in [0.15, 0.2) is 0 Å². The number of carbonyl (C=O) groups excluding carboxylic acids is 1. The van der Waals surface area contributed by atoms with Crippen molar-refractivity contribution in [1.29, 1.82) is 0 Å². The first kappa shape index (κ1) is 16.9. The van der Waals surface area contributed by atoms with Crippen molar-refractivity contribution in [3.05, 3.63) is 30.1 Å². The average molecular weight is 349 g/mol. The fourth-order valence-corrected chi connectivity index (χ4v) is 6.32. The van der Waals surface area contributed by atoms with E-state index in [4.69, 9.17) is 11.2 Å². The van der Waals surface area contributed by atoms with Gasteiger partial charge in [0.2, 0.25) is 5.12 Å². The number of nitrogens with zero attached hydrogens (tertiary/aromatic N) is 1. The van der Waals surface area contributed by atoms with Crippen molar-refractivity contribution >= 4 is 45.6 Å². The van der Waals surface area contributed by atoms with Crippen LogP contribution in [0.3, 0.4) is 0 Å². The van der Waals surface area contributed by atoms with Gasteiger partial charge in [0.1, 0.15) is 12.4 Å². The fourth-order valence-electron chi connectivity index (χ4n) is 2.04. The zero-order valence-electron chi connectivity index (χ0n) is 12.3. The summed E-state index contributed by atoms with van der Waals surface area (Å²) in [6, 6.07) is 5.93. The Balaban J connectivity index is 2.29. The van der Waals surface area contributed by atoms with Crippen molar-refractivity contribution in [2.24, 2.45) is 0 Å². The van der Waals surface area contributed by atoms with Gasteiger partial charge in [-0.1, -0.05) is 23.0 Å². The van der Waals surface area contributed by atoms with Crippen molar-refractivity contribution in [3.63, 3.8) is 0 Å². The first-order valence-electron chi connectivity index (χ1n) is 6.68. The van der Waals surface area contributed by atoms with Gasteiger partial charge in [0.25, 0.3) is 0 Å². The Morgan fingerprint density at radius 2 is 2.00 bits per heavy atom. The van der Waals surface area contributed by atoms with E-state index in [1.165, 1.54) is 29.2 Å². The maximum absolute atomic E-state index is 13.1. The van der Waals surface area contributed by atoms with Gasteiger partial charge in [-0.3, -0.25) is 9.88 Å².